The van der Waals surface area contributed by atoms with Crippen LogP contribution in [-0.4, -0.2) is 45.5 Å². The van der Waals surface area contributed by atoms with E-state index in [0.717, 1.165) is 6.42 Å². The molecule has 0 fully saturated rings. The van der Waals surface area contributed by atoms with Gasteiger partial charge in [-0.25, -0.2) is 0 Å². The molecule has 5 nitrogen and oxygen atoms in total. The van der Waals surface area contributed by atoms with E-state index in [0.29, 0.717) is 39.3 Å². The Hall–Kier alpha value is -1.43. The molecule has 1 aromatic carbocycles. The van der Waals surface area contributed by atoms with Crippen molar-refractivity contribution in [2.75, 3.05) is 33.5 Å². The minimum Gasteiger partial charge on any atom is -0.464 e. The Morgan fingerprint density at radius 2 is 1.90 bits per heavy atom. The highest BCUT2D eigenvalue weighted by atomic mass is 16.5. The molecular formula is C16H25NO4. The lowest BCUT2D eigenvalue weighted by Crippen LogP contribution is -2.33. The summed E-state index contributed by atoms with van der Waals surface area (Å²) in [4.78, 5) is 11.7. The Bertz CT molecular complexity index is 383. The van der Waals surface area contributed by atoms with Crippen molar-refractivity contribution < 1.29 is 19.0 Å². The minimum atomic E-state index is -0.570. The van der Waals surface area contributed by atoms with Gasteiger partial charge in [0.15, 0.2) is 0 Å². The van der Waals surface area contributed by atoms with E-state index in [-0.39, 0.29) is 5.97 Å². The second-order valence-electron chi connectivity index (χ2n) is 4.76. The molecule has 1 atom stereocenters. The summed E-state index contributed by atoms with van der Waals surface area (Å²) in [6.45, 7) is 2.02. The van der Waals surface area contributed by atoms with Crippen LogP contribution >= 0.6 is 0 Å². The van der Waals surface area contributed by atoms with Crippen LogP contribution in [0.2, 0.25) is 0 Å². The monoisotopic (exact) mass is 295 g/mol. The number of hydrogen-bond donors (Lipinski definition) is 1. The van der Waals surface area contributed by atoms with Crippen molar-refractivity contribution in [3.8, 4) is 0 Å². The van der Waals surface area contributed by atoms with Crippen molar-refractivity contribution in [3.63, 3.8) is 0 Å². The summed E-state index contributed by atoms with van der Waals surface area (Å²) in [6, 6.07) is 9.39. The van der Waals surface area contributed by atoms with Gasteiger partial charge in [0.1, 0.15) is 6.04 Å². The number of benzene rings is 1. The van der Waals surface area contributed by atoms with Crippen molar-refractivity contribution in [2.24, 2.45) is 5.73 Å². The van der Waals surface area contributed by atoms with Gasteiger partial charge in [-0.05, 0) is 18.4 Å². The molecule has 1 rings (SSSR count). The Kier molecular flexibility index (Phi) is 9.44. The summed E-state index contributed by atoms with van der Waals surface area (Å²) >= 11 is 0. The third kappa shape index (κ3) is 8.45. The van der Waals surface area contributed by atoms with E-state index in [2.05, 4.69) is 0 Å². The Labute approximate surface area is 126 Å². The van der Waals surface area contributed by atoms with Crippen molar-refractivity contribution in [1.29, 1.82) is 0 Å². The molecule has 0 radical (unpaired) electrons. The average Bonchev–Trinajstić information content (AvgIpc) is 2.52. The predicted octanol–water partition coefficient (Wildman–Crippen LogP) is 1.54. The fraction of sp³-hybridized carbons (Fsp3) is 0.562. The van der Waals surface area contributed by atoms with Crippen molar-refractivity contribution in [3.05, 3.63) is 35.9 Å². The highest BCUT2D eigenvalue weighted by Gasteiger charge is 2.14. The fourth-order valence-electron chi connectivity index (χ4n) is 1.77. The molecule has 0 spiro atoms. The first-order valence-corrected chi connectivity index (χ1v) is 7.27. The number of ether oxygens (including phenoxy) is 3. The molecule has 118 valence electrons. The molecule has 0 aliphatic rings. The average molecular weight is 295 g/mol. The zero-order valence-corrected chi connectivity index (χ0v) is 12.6. The molecular weight excluding hydrogens is 270 g/mol. The van der Waals surface area contributed by atoms with Crippen LogP contribution in [0, 0.1) is 0 Å². The van der Waals surface area contributed by atoms with E-state index in [9.17, 15) is 4.79 Å². The number of esters is 1. The largest absolute Gasteiger partial charge is 0.464 e. The lowest BCUT2D eigenvalue weighted by atomic mass is 10.1. The quantitative estimate of drug-likeness (QED) is 0.495. The third-order valence-electron chi connectivity index (χ3n) is 3.00. The van der Waals surface area contributed by atoms with Crippen LogP contribution in [0.15, 0.2) is 30.3 Å². The number of hydrogen-bond acceptors (Lipinski definition) is 5. The zero-order chi connectivity index (χ0) is 15.3. The Balaban J connectivity index is 2.06. The van der Waals surface area contributed by atoms with Gasteiger partial charge in [-0.2, -0.15) is 0 Å². The SMILES string of the molecule is COCCOCCCOC(=O)[C@@H](N)CCc1ccccc1. The molecule has 0 aliphatic heterocycles. The van der Waals surface area contributed by atoms with Crippen LogP contribution in [0.25, 0.3) is 0 Å². The lowest BCUT2D eigenvalue weighted by Gasteiger charge is -2.11. The predicted molar refractivity (Wildman–Crippen MR) is 81.0 cm³/mol. The lowest BCUT2D eigenvalue weighted by molar-refractivity contribution is -0.145. The topological polar surface area (TPSA) is 70.8 Å². The maximum Gasteiger partial charge on any atom is 0.322 e. The van der Waals surface area contributed by atoms with Gasteiger partial charge in [-0.3, -0.25) is 4.79 Å². The molecule has 0 heterocycles. The number of carbonyl (C=O) groups excluding carboxylic acids is 1. The van der Waals surface area contributed by atoms with Gasteiger partial charge in [-0.1, -0.05) is 30.3 Å². The highest BCUT2D eigenvalue weighted by molar-refractivity contribution is 5.75. The maximum absolute atomic E-state index is 11.7. The van der Waals surface area contributed by atoms with Crippen LogP contribution in [0.5, 0.6) is 0 Å². The molecule has 2 N–H and O–H groups in total. The molecule has 0 aromatic heterocycles. The van der Waals surface area contributed by atoms with Crippen molar-refractivity contribution >= 4 is 5.97 Å². The Morgan fingerprint density at radius 3 is 2.62 bits per heavy atom. The van der Waals surface area contributed by atoms with Crippen LogP contribution in [0.1, 0.15) is 18.4 Å². The smallest absolute Gasteiger partial charge is 0.322 e. The van der Waals surface area contributed by atoms with Crippen molar-refractivity contribution in [2.45, 2.75) is 25.3 Å². The van der Waals surface area contributed by atoms with E-state index in [1.54, 1.807) is 7.11 Å². The van der Waals surface area contributed by atoms with E-state index in [1.165, 1.54) is 5.56 Å². The van der Waals surface area contributed by atoms with Gasteiger partial charge in [0, 0.05) is 20.1 Å². The van der Waals surface area contributed by atoms with Gasteiger partial charge in [0.2, 0.25) is 0 Å². The third-order valence-corrected chi connectivity index (χ3v) is 3.00. The molecule has 0 saturated heterocycles. The fourth-order valence-corrected chi connectivity index (χ4v) is 1.77. The maximum atomic E-state index is 11.7. The van der Waals surface area contributed by atoms with Gasteiger partial charge in [0.05, 0.1) is 19.8 Å². The van der Waals surface area contributed by atoms with Crippen LogP contribution in [-0.2, 0) is 25.4 Å². The summed E-state index contributed by atoms with van der Waals surface area (Å²) in [5.74, 6) is -0.345. The summed E-state index contributed by atoms with van der Waals surface area (Å²) in [5.41, 5.74) is 7.00. The first kappa shape index (κ1) is 17.6. The van der Waals surface area contributed by atoms with Crippen LogP contribution in [0.4, 0.5) is 0 Å². The molecule has 1 aromatic rings. The summed E-state index contributed by atoms with van der Waals surface area (Å²) in [6.07, 6.45) is 2.03. The molecule has 0 saturated carbocycles. The van der Waals surface area contributed by atoms with E-state index in [4.69, 9.17) is 19.9 Å². The molecule has 21 heavy (non-hydrogen) atoms. The van der Waals surface area contributed by atoms with E-state index >= 15 is 0 Å². The van der Waals surface area contributed by atoms with Crippen LogP contribution < -0.4 is 5.73 Å². The zero-order valence-electron chi connectivity index (χ0n) is 12.6. The summed E-state index contributed by atoms with van der Waals surface area (Å²) < 4.78 is 15.3. The molecule has 0 bridgehead atoms. The number of nitrogens with two attached hydrogens (primary N) is 1. The summed E-state index contributed by atoms with van der Waals surface area (Å²) in [5, 5.41) is 0. The normalized spacial score (nSPS) is 12.1. The van der Waals surface area contributed by atoms with Gasteiger partial charge in [0.25, 0.3) is 0 Å². The Morgan fingerprint density at radius 1 is 1.14 bits per heavy atom. The number of methoxy groups -OCH3 is 1. The standard InChI is InChI=1S/C16H25NO4/c1-19-12-13-20-10-5-11-21-16(18)15(17)9-8-14-6-3-2-4-7-14/h2-4,6-7,15H,5,8-13,17H2,1H3/t15-/m0/s1. The first-order chi connectivity index (χ1) is 10.2. The van der Waals surface area contributed by atoms with Gasteiger partial charge in [-0.15, -0.1) is 0 Å². The summed E-state index contributed by atoms with van der Waals surface area (Å²) in [7, 11) is 1.63. The highest BCUT2D eigenvalue weighted by Crippen LogP contribution is 2.05. The molecule has 0 aliphatic carbocycles. The second-order valence-corrected chi connectivity index (χ2v) is 4.76. The molecule has 5 heteroatoms. The number of aryl methyl sites for hydroxylation is 1. The van der Waals surface area contributed by atoms with Crippen LogP contribution in [0.3, 0.4) is 0 Å². The van der Waals surface area contributed by atoms with Gasteiger partial charge < -0.3 is 19.9 Å². The number of rotatable bonds is 11. The number of carbonyl (C=O) groups is 1. The minimum absolute atomic E-state index is 0.338. The van der Waals surface area contributed by atoms with Crippen molar-refractivity contribution in [1.82, 2.24) is 0 Å². The van der Waals surface area contributed by atoms with E-state index in [1.807, 2.05) is 30.3 Å². The van der Waals surface area contributed by atoms with Gasteiger partial charge >= 0.3 is 5.97 Å². The molecule has 0 unspecified atom stereocenters. The molecule has 0 amide bonds. The van der Waals surface area contributed by atoms with E-state index < -0.39 is 6.04 Å². The first-order valence-electron chi connectivity index (χ1n) is 7.27. The second kappa shape index (κ2) is 11.3.